The Kier molecular flexibility index (Phi) is 7.60. The number of ether oxygens (including phenoxy) is 4. The molecule has 1 aromatic carbocycles. The van der Waals surface area contributed by atoms with Crippen molar-refractivity contribution in [2.45, 2.75) is 20.8 Å². The van der Waals surface area contributed by atoms with E-state index in [1.54, 1.807) is 32.9 Å². The summed E-state index contributed by atoms with van der Waals surface area (Å²) in [7, 11) is 2.92. The molecular formula is C20H23NO7S. The minimum atomic E-state index is -0.635. The Morgan fingerprint density at radius 2 is 1.66 bits per heavy atom. The van der Waals surface area contributed by atoms with Crippen LogP contribution < -0.4 is 14.8 Å². The number of benzene rings is 1. The number of amides is 1. The highest BCUT2D eigenvalue weighted by atomic mass is 32.1. The zero-order valence-electron chi connectivity index (χ0n) is 16.9. The third-order valence-corrected chi connectivity index (χ3v) is 5.15. The first-order chi connectivity index (χ1) is 13.9. The molecule has 156 valence electrons. The number of carbonyl (C=O) groups excluding carboxylic acids is 3. The summed E-state index contributed by atoms with van der Waals surface area (Å²) in [5.41, 5.74) is 0.723. The van der Waals surface area contributed by atoms with Gasteiger partial charge >= 0.3 is 11.9 Å². The van der Waals surface area contributed by atoms with Crippen molar-refractivity contribution in [1.29, 1.82) is 0 Å². The Morgan fingerprint density at radius 1 is 1.00 bits per heavy atom. The van der Waals surface area contributed by atoms with E-state index < -0.39 is 17.8 Å². The molecule has 9 heteroatoms. The molecule has 8 nitrogen and oxygen atoms in total. The molecule has 1 N–H and O–H groups in total. The van der Waals surface area contributed by atoms with Crippen LogP contribution in [0.2, 0.25) is 0 Å². The SMILES string of the molecule is CCOC(=O)c1sc(NC(=O)c2cc(OC)ccc2OC)c(C(=O)OCC)c1C. The van der Waals surface area contributed by atoms with Crippen molar-refractivity contribution < 1.29 is 33.3 Å². The van der Waals surface area contributed by atoms with Crippen LogP contribution in [0.5, 0.6) is 11.5 Å². The maximum atomic E-state index is 12.9. The van der Waals surface area contributed by atoms with Gasteiger partial charge in [-0.25, -0.2) is 9.59 Å². The molecule has 0 aliphatic rings. The Bertz CT molecular complexity index is 920. The van der Waals surface area contributed by atoms with E-state index in [4.69, 9.17) is 18.9 Å². The predicted octanol–water partition coefficient (Wildman–Crippen LogP) is 3.68. The van der Waals surface area contributed by atoms with Crippen molar-refractivity contribution in [3.8, 4) is 11.5 Å². The fourth-order valence-electron chi connectivity index (χ4n) is 2.60. The minimum Gasteiger partial charge on any atom is -0.497 e. The normalized spacial score (nSPS) is 10.2. The smallest absolute Gasteiger partial charge is 0.348 e. The fraction of sp³-hybridized carbons (Fsp3) is 0.350. The summed E-state index contributed by atoms with van der Waals surface area (Å²) < 4.78 is 20.5. The first kappa shape index (κ1) is 22.2. The van der Waals surface area contributed by atoms with Gasteiger partial charge in [0.05, 0.1) is 38.6 Å². The third-order valence-electron chi connectivity index (χ3n) is 3.97. The molecule has 0 saturated carbocycles. The van der Waals surface area contributed by atoms with Gasteiger partial charge < -0.3 is 24.3 Å². The molecule has 2 aromatic rings. The van der Waals surface area contributed by atoms with Crippen molar-refractivity contribution >= 4 is 34.2 Å². The lowest BCUT2D eigenvalue weighted by molar-refractivity contribution is 0.0527. The maximum absolute atomic E-state index is 12.9. The molecule has 0 unspecified atom stereocenters. The summed E-state index contributed by atoms with van der Waals surface area (Å²) >= 11 is 0.955. The standard InChI is InChI=1S/C20H23NO7S/c1-6-27-19(23)15-11(3)16(20(24)28-7-2)29-18(15)21-17(22)13-10-12(25-4)8-9-14(13)26-5/h8-10H,6-7H2,1-5H3,(H,21,22). The van der Waals surface area contributed by atoms with Crippen LogP contribution in [0, 0.1) is 6.92 Å². The zero-order valence-corrected chi connectivity index (χ0v) is 17.7. The van der Waals surface area contributed by atoms with Crippen LogP contribution in [-0.4, -0.2) is 45.3 Å². The van der Waals surface area contributed by atoms with Gasteiger partial charge in [0.2, 0.25) is 0 Å². The Labute approximate surface area is 172 Å². The van der Waals surface area contributed by atoms with Gasteiger partial charge in [-0.15, -0.1) is 11.3 Å². The quantitative estimate of drug-likeness (QED) is 0.649. The molecule has 0 fully saturated rings. The first-order valence-corrected chi connectivity index (χ1v) is 9.70. The van der Waals surface area contributed by atoms with Gasteiger partial charge in [0, 0.05) is 0 Å². The van der Waals surface area contributed by atoms with Gasteiger partial charge in [0.25, 0.3) is 5.91 Å². The predicted molar refractivity (Wildman–Crippen MR) is 108 cm³/mol. The molecule has 1 amide bonds. The van der Waals surface area contributed by atoms with Crippen LogP contribution in [0.1, 0.15) is 49.8 Å². The van der Waals surface area contributed by atoms with Crippen molar-refractivity contribution in [3.05, 3.63) is 39.8 Å². The molecule has 0 radical (unpaired) electrons. The van der Waals surface area contributed by atoms with E-state index in [0.29, 0.717) is 17.1 Å². The summed E-state index contributed by atoms with van der Waals surface area (Å²) in [6.07, 6.45) is 0. The molecule has 1 aromatic heterocycles. The summed E-state index contributed by atoms with van der Waals surface area (Å²) in [5.74, 6) is -0.927. The van der Waals surface area contributed by atoms with Gasteiger partial charge in [0.1, 0.15) is 21.4 Å². The second-order valence-corrected chi connectivity index (χ2v) is 6.74. The molecule has 0 atom stereocenters. The van der Waals surface area contributed by atoms with Gasteiger partial charge in [-0.05, 0) is 44.5 Å². The van der Waals surface area contributed by atoms with Crippen LogP contribution in [0.4, 0.5) is 5.00 Å². The van der Waals surface area contributed by atoms with E-state index >= 15 is 0 Å². The van der Waals surface area contributed by atoms with Gasteiger partial charge in [-0.1, -0.05) is 0 Å². The van der Waals surface area contributed by atoms with Crippen molar-refractivity contribution in [2.75, 3.05) is 32.8 Å². The van der Waals surface area contributed by atoms with E-state index in [9.17, 15) is 14.4 Å². The molecule has 0 aliphatic heterocycles. The summed E-state index contributed by atoms with van der Waals surface area (Å²) in [6, 6.07) is 4.78. The molecule has 2 rings (SSSR count). The molecule has 0 saturated heterocycles. The lowest BCUT2D eigenvalue weighted by atomic mass is 10.1. The molecule has 0 spiro atoms. The highest BCUT2D eigenvalue weighted by Gasteiger charge is 2.28. The van der Waals surface area contributed by atoms with Crippen LogP contribution in [-0.2, 0) is 9.47 Å². The van der Waals surface area contributed by atoms with Gasteiger partial charge in [-0.3, -0.25) is 4.79 Å². The second-order valence-electron chi connectivity index (χ2n) is 5.72. The number of carbonyl (C=O) groups is 3. The number of hydrogen-bond acceptors (Lipinski definition) is 8. The van der Waals surface area contributed by atoms with Crippen LogP contribution in [0.3, 0.4) is 0 Å². The number of methoxy groups -OCH3 is 2. The van der Waals surface area contributed by atoms with Crippen molar-refractivity contribution in [2.24, 2.45) is 0 Å². The highest BCUT2D eigenvalue weighted by Crippen LogP contribution is 2.35. The number of nitrogens with one attached hydrogen (secondary N) is 1. The molecule has 0 aliphatic carbocycles. The van der Waals surface area contributed by atoms with Crippen LogP contribution in [0.15, 0.2) is 18.2 Å². The van der Waals surface area contributed by atoms with E-state index in [2.05, 4.69) is 5.32 Å². The first-order valence-electron chi connectivity index (χ1n) is 8.88. The topological polar surface area (TPSA) is 100 Å². The number of anilines is 1. The average molecular weight is 421 g/mol. The Hall–Kier alpha value is -3.07. The van der Waals surface area contributed by atoms with Gasteiger partial charge in [-0.2, -0.15) is 0 Å². The highest BCUT2D eigenvalue weighted by molar-refractivity contribution is 7.18. The molecule has 29 heavy (non-hydrogen) atoms. The van der Waals surface area contributed by atoms with Crippen molar-refractivity contribution in [1.82, 2.24) is 0 Å². The fourth-order valence-corrected chi connectivity index (χ4v) is 3.69. The van der Waals surface area contributed by atoms with E-state index in [-0.39, 0.29) is 34.2 Å². The number of thiophene rings is 1. The van der Waals surface area contributed by atoms with E-state index in [1.165, 1.54) is 20.3 Å². The maximum Gasteiger partial charge on any atom is 0.348 e. The molecular weight excluding hydrogens is 398 g/mol. The largest absolute Gasteiger partial charge is 0.497 e. The Balaban J connectivity index is 2.48. The number of rotatable bonds is 8. The second kappa shape index (κ2) is 9.92. The Morgan fingerprint density at radius 3 is 2.24 bits per heavy atom. The zero-order chi connectivity index (χ0) is 21.6. The van der Waals surface area contributed by atoms with Crippen molar-refractivity contribution in [3.63, 3.8) is 0 Å². The summed E-state index contributed by atoms with van der Waals surface area (Å²) in [5, 5.41) is 2.88. The van der Waals surface area contributed by atoms with Gasteiger partial charge in [0.15, 0.2) is 0 Å². The molecule has 1 heterocycles. The number of esters is 2. The third kappa shape index (κ3) is 4.86. The average Bonchev–Trinajstić information content (AvgIpc) is 3.03. The minimum absolute atomic E-state index is 0.120. The van der Waals surface area contributed by atoms with E-state index in [0.717, 1.165) is 11.3 Å². The van der Waals surface area contributed by atoms with E-state index in [1.807, 2.05) is 0 Å². The summed E-state index contributed by atoms with van der Waals surface area (Å²) in [4.78, 5) is 37.8. The monoisotopic (exact) mass is 421 g/mol. The molecule has 0 bridgehead atoms. The van der Waals surface area contributed by atoms with Crippen LogP contribution >= 0.6 is 11.3 Å². The summed E-state index contributed by atoms with van der Waals surface area (Å²) in [6.45, 7) is 5.31. The lowest BCUT2D eigenvalue weighted by Gasteiger charge is -2.11. The lowest BCUT2D eigenvalue weighted by Crippen LogP contribution is -2.16. The number of hydrogen-bond donors (Lipinski definition) is 1. The van der Waals surface area contributed by atoms with Crippen LogP contribution in [0.25, 0.3) is 0 Å².